The number of hydrogen-bond donors (Lipinski definition) is 1. The molecule has 1 aromatic carbocycles. The minimum atomic E-state index is 0.602. The largest absolute Gasteiger partial charge is 0.250 e. The minimum Gasteiger partial charge on any atom is -0.250 e. The minimum absolute atomic E-state index is 0.602. The van der Waals surface area contributed by atoms with Crippen LogP contribution in [0.3, 0.4) is 0 Å². The summed E-state index contributed by atoms with van der Waals surface area (Å²) in [6.07, 6.45) is 11.0. The Hall–Kier alpha value is -1.09. The van der Waals surface area contributed by atoms with Crippen LogP contribution in [0.4, 0.5) is 0 Å². The van der Waals surface area contributed by atoms with Crippen LogP contribution in [-0.2, 0) is 6.42 Å². The third-order valence-corrected chi connectivity index (χ3v) is 3.82. The Kier molecular flexibility index (Phi) is 5.00. The molecule has 0 aliphatic rings. The molecule has 0 bridgehead atoms. The highest BCUT2D eigenvalue weighted by molar-refractivity contribution is 9.10. The standard InChI is InChI=1S/C15H19BrN2/c1-2-3-15(18-11-10-17-12-18)9-6-13-4-7-14(16)8-5-13/h4-5,7-8,10-12,15H,2-3,6,9H2,1H3/p+1. The molecule has 1 N–H and O–H groups in total. The monoisotopic (exact) mass is 307 g/mol. The molecule has 0 saturated heterocycles. The average Bonchev–Trinajstić information content (AvgIpc) is 2.90. The van der Waals surface area contributed by atoms with Crippen molar-refractivity contribution in [2.75, 3.05) is 0 Å². The first-order chi connectivity index (χ1) is 8.79. The number of nitrogens with zero attached hydrogens (tertiary/aromatic N) is 1. The van der Waals surface area contributed by atoms with Crippen molar-refractivity contribution < 1.29 is 4.57 Å². The van der Waals surface area contributed by atoms with E-state index in [1.807, 2.05) is 6.20 Å². The van der Waals surface area contributed by atoms with Gasteiger partial charge in [-0.15, -0.1) is 0 Å². The lowest BCUT2D eigenvalue weighted by Gasteiger charge is -2.12. The molecule has 1 heterocycles. The molecule has 1 unspecified atom stereocenters. The molecule has 2 rings (SSSR count). The Labute approximate surface area is 117 Å². The van der Waals surface area contributed by atoms with Crippen molar-refractivity contribution in [2.24, 2.45) is 0 Å². The topological polar surface area (TPSA) is 19.7 Å². The molecular formula is C15H20BrN2+. The van der Waals surface area contributed by atoms with Gasteiger partial charge in [-0.2, -0.15) is 0 Å². The van der Waals surface area contributed by atoms with Gasteiger partial charge in [0.2, 0.25) is 6.33 Å². The van der Waals surface area contributed by atoms with Crippen LogP contribution >= 0.6 is 15.9 Å². The third-order valence-electron chi connectivity index (χ3n) is 3.29. The van der Waals surface area contributed by atoms with Crippen LogP contribution in [0.15, 0.2) is 47.5 Å². The molecule has 1 aromatic heterocycles. The molecule has 0 aliphatic carbocycles. The van der Waals surface area contributed by atoms with Gasteiger partial charge in [-0.3, -0.25) is 4.98 Å². The zero-order chi connectivity index (χ0) is 12.8. The van der Waals surface area contributed by atoms with Gasteiger partial charge < -0.3 is 0 Å². The summed E-state index contributed by atoms with van der Waals surface area (Å²) in [7, 11) is 0. The summed E-state index contributed by atoms with van der Waals surface area (Å²) in [6, 6.07) is 9.25. The predicted molar refractivity (Wildman–Crippen MR) is 77.4 cm³/mol. The Bertz CT molecular complexity index is 448. The Morgan fingerprint density at radius 1 is 1.22 bits per heavy atom. The molecule has 2 aromatic rings. The lowest BCUT2D eigenvalue weighted by Crippen LogP contribution is -2.37. The van der Waals surface area contributed by atoms with E-state index in [1.165, 1.54) is 24.8 Å². The van der Waals surface area contributed by atoms with Crippen LogP contribution < -0.4 is 4.57 Å². The van der Waals surface area contributed by atoms with Crippen LogP contribution in [0.1, 0.15) is 37.8 Å². The van der Waals surface area contributed by atoms with E-state index < -0.39 is 0 Å². The Morgan fingerprint density at radius 2 is 2.00 bits per heavy atom. The lowest BCUT2D eigenvalue weighted by atomic mass is 10.0. The van der Waals surface area contributed by atoms with Crippen LogP contribution in [-0.4, -0.2) is 4.98 Å². The molecule has 0 fully saturated rings. The van der Waals surface area contributed by atoms with E-state index in [0.29, 0.717) is 6.04 Å². The van der Waals surface area contributed by atoms with E-state index in [2.05, 4.69) is 69.2 Å². The number of benzene rings is 1. The maximum Gasteiger partial charge on any atom is 0.241 e. The molecule has 3 heteroatoms. The molecule has 96 valence electrons. The van der Waals surface area contributed by atoms with Gasteiger partial charge >= 0.3 is 0 Å². The summed E-state index contributed by atoms with van der Waals surface area (Å²) < 4.78 is 3.44. The highest BCUT2D eigenvalue weighted by Crippen LogP contribution is 2.17. The second-order valence-electron chi connectivity index (χ2n) is 4.67. The smallest absolute Gasteiger partial charge is 0.241 e. The van der Waals surface area contributed by atoms with Crippen LogP contribution in [0.25, 0.3) is 0 Å². The van der Waals surface area contributed by atoms with Gasteiger partial charge in [-0.05, 0) is 37.0 Å². The Morgan fingerprint density at radius 3 is 2.61 bits per heavy atom. The van der Waals surface area contributed by atoms with Gasteiger partial charge in [-0.1, -0.05) is 41.4 Å². The third kappa shape index (κ3) is 3.70. The van der Waals surface area contributed by atoms with Gasteiger partial charge in [0.25, 0.3) is 0 Å². The lowest BCUT2D eigenvalue weighted by molar-refractivity contribution is -0.723. The molecular weight excluding hydrogens is 288 g/mol. The number of aromatic amines is 1. The maximum absolute atomic E-state index is 3.47. The number of rotatable bonds is 6. The molecule has 18 heavy (non-hydrogen) atoms. The number of imidazole rings is 1. The zero-order valence-electron chi connectivity index (χ0n) is 10.8. The van der Waals surface area contributed by atoms with Crippen LogP contribution in [0.5, 0.6) is 0 Å². The van der Waals surface area contributed by atoms with Gasteiger partial charge in [0.1, 0.15) is 18.4 Å². The fraction of sp³-hybridized carbons (Fsp3) is 0.400. The second-order valence-corrected chi connectivity index (χ2v) is 5.58. The van der Waals surface area contributed by atoms with E-state index in [0.717, 1.165) is 10.9 Å². The summed E-state index contributed by atoms with van der Waals surface area (Å²) in [5, 5.41) is 0. The van der Waals surface area contributed by atoms with Crippen molar-refractivity contribution in [3.8, 4) is 0 Å². The highest BCUT2D eigenvalue weighted by Gasteiger charge is 2.14. The first-order valence-electron chi connectivity index (χ1n) is 6.57. The van der Waals surface area contributed by atoms with E-state index in [-0.39, 0.29) is 0 Å². The molecule has 2 nitrogen and oxygen atoms in total. The summed E-state index contributed by atoms with van der Waals surface area (Å²) in [5.74, 6) is 0. The summed E-state index contributed by atoms with van der Waals surface area (Å²) >= 11 is 3.47. The number of aromatic nitrogens is 2. The maximum atomic E-state index is 3.47. The van der Waals surface area contributed by atoms with Crippen molar-refractivity contribution in [1.29, 1.82) is 0 Å². The van der Waals surface area contributed by atoms with Crippen molar-refractivity contribution in [1.82, 2.24) is 4.98 Å². The Balaban J connectivity index is 1.95. The number of hydrogen-bond acceptors (Lipinski definition) is 0. The van der Waals surface area contributed by atoms with E-state index >= 15 is 0 Å². The van der Waals surface area contributed by atoms with Crippen LogP contribution in [0, 0.1) is 0 Å². The van der Waals surface area contributed by atoms with Crippen molar-refractivity contribution >= 4 is 15.9 Å². The van der Waals surface area contributed by atoms with Gasteiger partial charge in [0.05, 0.1) is 0 Å². The fourth-order valence-corrected chi connectivity index (χ4v) is 2.55. The number of H-pyrrole nitrogens is 1. The van der Waals surface area contributed by atoms with Gasteiger partial charge in [0, 0.05) is 4.47 Å². The number of aryl methyl sites for hydroxylation is 1. The molecule has 0 amide bonds. The highest BCUT2D eigenvalue weighted by atomic mass is 79.9. The van der Waals surface area contributed by atoms with E-state index in [9.17, 15) is 0 Å². The predicted octanol–water partition coefficient (Wildman–Crippen LogP) is 4.04. The summed E-state index contributed by atoms with van der Waals surface area (Å²) in [6.45, 7) is 2.25. The van der Waals surface area contributed by atoms with E-state index in [1.54, 1.807) is 0 Å². The first-order valence-corrected chi connectivity index (χ1v) is 7.37. The molecule has 0 spiro atoms. The van der Waals surface area contributed by atoms with Crippen molar-refractivity contribution in [3.05, 3.63) is 53.0 Å². The second kappa shape index (κ2) is 6.74. The van der Waals surface area contributed by atoms with Crippen molar-refractivity contribution in [3.63, 3.8) is 0 Å². The first kappa shape index (κ1) is 13.3. The fourth-order valence-electron chi connectivity index (χ4n) is 2.29. The molecule has 0 radical (unpaired) electrons. The van der Waals surface area contributed by atoms with E-state index in [4.69, 9.17) is 0 Å². The van der Waals surface area contributed by atoms with Gasteiger partial charge in [-0.25, -0.2) is 4.57 Å². The van der Waals surface area contributed by atoms with Crippen LogP contribution in [0.2, 0.25) is 0 Å². The normalized spacial score (nSPS) is 12.6. The summed E-state index contributed by atoms with van der Waals surface area (Å²) in [5.41, 5.74) is 1.41. The number of nitrogens with one attached hydrogen (secondary N) is 1. The zero-order valence-corrected chi connectivity index (χ0v) is 12.4. The van der Waals surface area contributed by atoms with Gasteiger partial charge in [0.15, 0.2) is 0 Å². The number of halogens is 1. The quantitative estimate of drug-likeness (QED) is 0.777. The molecule has 0 saturated carbocycles. The SMILES string of the molecule is CCCC(CCc1ccc(Br)cc1)[n+]1cc[nH]c1. The summed E-state index contributed by atoms with van der Waals surface area (Å²) in [4.78, 5) is 3.13. The molecule has 0 aliphatic heterocycles. The van der Waals surface area contributed by atoms with Crippen molar-refractivity contribution in [2.45, 2.75) is 38.6 Å². The molecule has 1 atom stereocenters. The average molecular weight is 308 g/mol.